The number of halogens is 2. The van der Waals surface area contributed by atoms with Crippen molar-refractivity contribution < 1.29 is 18.3 Å². The minimum atomic E-state index is -0.718. The predicted octanol–water partition coefficient (Wildman–Crippen LogP) is 3.05. The summed E-state index contributed by atoms with van der Waals surface area (Å²) in [4.78, 5) is 8.79. The van der Waals surface area contributed by atoms with Crippen molar-refractivity contribution in [3.05, 3.63) is 47.4 Å². The van der Waals surface area contributed by atoms with Gasteiger partial charge in [-0.3, -0.25) is 0 Å². The molecule has 0 aliphatic carbocycles. The maximum Gasteiger partial charge on any atom is 0.171 e. The van der Waals surface area contributed by atoms with Crippen molar-refractivity contribution in [3.8, 4) is 11.5 Å². The summed E-state index contributed by atoms with van der Waals surface area (Å²) >= 11 is 0. The zero-order valence-corrected chi connectivity index (χ0v) is 13.6. The lowest BCUT2D eigenvalue weighted by Gasteiger charge is -2.12. The lowest BCUT2D eigenvalue weighted by molar-refractivity contribution is 0.353. The molecule has 0 saturated carbocycles. The van der Waals surface area contributed by atoms with Crippen LogP contribution >= 0.6 is 0 Å². The molecule has 0 atom stereocenters. The van der Waals surface area contributed by atoms with E-state index in [-0.39, 0.29) is 23.5 Å². The number of aromatic nitrogens is 3. The second-order valence-corrected chi connectivity index (χ2v) is 5.38. The van der Waals surface area contributed by atoms with Gasteiger partial charge in [-0.2, -0.15) is 0 Å². The van der Waals surface area contributed by atoms with Crippen molar-refractivity contribution in [1.29, 1.82) is 0 Å². The quantitative estimate of drug-likeness (QED) is 0.720. The average Bonchev–Trinajstić information content (AvgIpc) is 2.96. The third-order valence-corrected chi connectivity index (χ3v) is 3.91. The van der Waals surface area contributed by atoms with Gasteiger partial charge in [0.15, 0.2) is 28.8 Å². The number of fused-ring (bicyclic) bond motifs is 1. The van der Waals surface area contributed by atoms with Crippen LogP contribution in [-0.4, -0.2) is 28.8 Å². The molecule has 0 radical (unpaired) electrons. The van der Waals surface area contributed by atoms with Gasteiger partial charge in [-0.25, -0.2) is 18.7 Å². The summed E-state index contributed by atoms with van der Waals surface area (Å²) in [6.45, 7) is 0. The topological polar surface area (TPSA) is 49.2 Å². The van der Waals surface area contributed by atoms with Gasteiger partial charge in [0.25, 0.3) is 0 Å². The Morgan fingerprint density at radius 2 is 1.75 bits per heavy atom. The first kappa shape index (κ1) is 16.2. The molecule has 126 valence electrons. The Bertz CT molecular complexity index is 865. The van der Waals surface area contributed by atoms with Gasteiger partial charge in [0.1, 0.15) is 5.52 Å². The molecule has 1 aromatic carbocycles. The number of rotatable bonds is 5. The average molecular weight is 333 g/mol. The van der Waals surface area contributed by atoms with Crippen LogP contribution < -0.4 is 9.47 Å². The van der Waals surface area contributed by atoms with Crippen molar-refractivity contribution in [2.45, 2.75) is 12.8 Å². The number of hydrogen-bond acceptors (Lipinski definition) is 4. The molecule has 7 heteroatoms. The maximum absolute atomic E-state index is 14.3. The third kappa shape index (κ3) is 2.77. The largest absolute Gasteiger partial charge is 0.494 e. The molecule has 5 nitrogen and oxygen atoms in total. The smallest absolute Gasteiger partial charge is 0.171 e. The molecule has 24 heavy (non-hydrogen) atoms. The maximum atomic E-state index is 14.3. The fourth-order valence-corrected chi connectivity index (χ4v) is 2.60. The van der Waals surface area contributed by atoms with Crippen LogP contribution in [-0.2, 0) is 19.9 Å². The molecule has 0 aliphatic rings. The molecule has 0 saturated heterocycles. The van der Waals surface area contributed by atoms with Crippen LogP contribution in [0.25, 0.3) is 11.2 Å². The molecule has 0 bridgehead atoms. The molecule has 3 aromatic rings. The van der Waals surface area contributed by atoms with Crippen molar-refractivity contribution >= 4 is 11.2 Å². The number of hydrogen-bond donors (Lipinski definition) is 0. The molecule has 0 unspecified atom stereocenters. The van der Waals surface area contributed by atoms with Crippen LogP contribution in [0.2, 0.25) is 0 Å². The van der Waals surface area contributed by atoms with E-state index < -0.39 is 11.6 Å². The summed E-state index contributed by atoms with van der Waals surface area (Å²) in [5.41, 5.74) is 2.09. The Morgan fingerprint density at radius 1 is 1.08 bits per heavy atom. The third-order valence-electron chi connectivity index (χ3n) is 3.91. The summed E-state index contributed by atoms with van der Waals surface area (Å²) < 4.78 is 40.4. The lowest BCUT2D eigenvalue weighted by Crippen LogP contribution is -2.05. The summed E-state index contributed by atoms with van der Waals surface area (Å²) in [5, 5.41) is 0. The predicted molar refractivity (Wildman–Crippen MR) is 85.4 cm³/mol. The summed E-state index contributed by atoms with van der Waals surface area (Å²) in [6, 6.07) is 3.05. The molecule has 0 amide bonds. The van der Waals surface area contributed by atoms with E-state index in [0.717, 1.165) is 11.2 Å². The zero-order valence-electron chi connectivity index (χ0n) is 13.6. The van der Waals surface area contributed by atoms with Gasteiger partial charge in [-0.05, 0) is 18.9 Å². The fourth-order valence-electron chi connectivity index (χ4n) is 2.60. The monoisotopic (exact) mass is 333 g/mol. The van der Waals surface area contributed by atoms with E-state index >= 15 is 0 Å². The van der Waals surface area contributed by atoms with E-state index in [9.17, 15) is 8.78 Å². The highest BCUT2D eigenvalue weighted by Gasteiger charge is 2.20. The molecule has 0 aliphatic heterocycles. The highest BCUT2D eigenvalue weighted by atomic mass is 19.1. The zero-order chi connectivity index (χ0) is 17.3. The fraction of sp³-hybridized carbons (Fsp3) is 0.294. The van der Waals surface area contributed by atoms with Gasteiger partial charge in [0.2, 0.25) is 0 Å². The standard InChI is InChI=1S/C17H17F2N3O2/c1-22-7-6-12-17(22)20-9-10(21-12)4-5-11-15(18)13(23-2)8-14(24-3)16(11)19/h6-9H,4-5H2,1-3H3. The van der Waals surface area contributed by atoms with E-state index in [0.29, 0.717) is 12.1 Å². The number of ether oxygens (including phenoxy) is 2. The van der Waals surface area contributed by atoms with Crippen molar-refractivity contribution in [2.75, 3.05) is 14.2 Å². The first-order valence-corrected chi connectivity index (χ1v) is 7.41. The SMILES string of the molecule is COc1cc(OC)c(F)c(CCc2cnc3c(ccn3C)n2)c1F. The van der Waals surface area contributed by atoms with Crippen molar-refractivity contribution in [3.63, 3.8) is 0 Å². The molecule has 3 rings (SSSR count). The van der Waals surface area contributed by atoms with Crippen LogP contribution in [0.1, 0.15) is 11.3 Å². The van der Waals surface area contributed by atoms with E-state index in [2.05, 4.69) is 9.97 Å². The van der Waals surface area contributed by atoms with Crippen LogP contribution in [0.4, 0.5) is 8.78 Å². The van der Waals surface area contributed by atoms with E-state index in [1.165, 1.54) is 20.3 Å². The lowest BCUT2D eigenvalue weighted by atomic mass is 10.1. The van der Waals surface area contributed by atoms with Gasteiger partial charge in [0.05, 0.1) is 26.1 Å². The molecule has 0 fully saturated rings. The summed E-state index contributed by atoms with van der Waals surface area (Å²) in [5.74, 6) is -1.53. The molecule has 2 aromatic heterocycles. The normalized spacial score (nSPS) is 11.0. The second-order valence-electron chi connectivity index (χ2n) is 5.38. The minimum absolute atomic E-state index is 0.0483. The van der Waals surface area contributed by atoms with Crippen LogP contribution in [0, 0.1) is 11.6 Å². The van der Waals surface area contributed by atoms with Gasteiger partial charge in [-0.15, -0.1) is 0 Å². The Hall–Kier alpha value is -2.70. The number of nitrogens with zero attached hydrogens (tertiary/aromatic N) is 3. The van der Waals surface area contributed by atoms with Crippen LogP contribution in [0.5, 0.6) is 11.5 Å². The highest BCUT2D eigenvalue weighted by molar-refractivity contribution is 5.70. The molecule has 2 heterocycles. The summed E-state index contributed by atoms with van der Waals surface area (Å²) in [7, 11) is 4.53. The summed E-state index contributed by atoms with van der Waals surface area (Å²) in [6.07, 6.45) is 3.95. The molecule has 0 spiro atoms. The van der Waals surface area contributed by atoms with E-state index in [4.69, 9.17) is 9.47 Å². The Labute approximate surface area is 137 Å². The first-order valence-electron chi connectivity index (χ1n) is 7.41. The number of aryl methyl sites for hydroxylation is 2. The second kappa shape index (κ2) is 6.43. The molecular weight excluding hydrogens is 316 g/mol. The Morgan fingerprint density at radius 3 is 2.38 bits per heavy atom. The van der Waals surface area contributed by atoms with Gasteiger partial charge >= 0.3 is 0 Å². The number of methoxy groups -OCH3 is 2. The van der Waals surface area contributed by atoms with Gasteiger partial charge < -0.3 is 14.0 Å². The Balaban J connectivity index is 1.89. The first-order chi connectivity index (χ1) is 11.5. The molecule has 0 N–H and O–H groups in total. The van der Waals surface area contributed by atoms with Crippen LogP contribution in [0.15, 0.2) is 24.5 Å². The van der Waals surface area contributed by atoms with Gasteiger partial charge in [-0.1, -0.05) is 0 Å². The van der Waals surface area contributed by atoms with E-state index in [1.807, 2.05) is 23.9 Å². The highest BCUT2D eigenvalue weighted by Crippen LogP contribution is 2.32. The van der Waals surface area contributed by atoms with Crippen LogP contribution in [0.3, 0.4) is 0 Å². The van der Waals surface area contributed by atoms with Gasteiger partial charge in [0, 0.05) is 24.9 Å². The minimum Gasteiger partial charge on any atom is -0.494 e. The number of benzene rings is 1. The molecular formula is C17H17F2N3O2. The van der Waals surface area contributed by atoms with E-state index in [1.54, 1.807) is 6.20 Å². The van der Waals surface area contributed by atoms with Crippen molar-refractivity contribution in [2.24, 2.45) is 7.05 Å². The Kier molecular flexibility index (Phi) is 4.33. The van der Waals surface area contributed by atoms with Crippen molar-refractivity contribution in [1.82, 2.24) is 14.5 Å².